The van der Waals surface area contributed by atoms with Crippen molar-refractivity contribution in [1.82, 2.24) is 25.0 Å². The Morgan fingerprint density at radius 2 is 2.24 bits per heavy atom. The van der Waals surface area contributed by atoms with E-state index >= 15 is 0 Å². The monoisotopic (exact) mass is 458 g/mol. The molecule has 0 amide bonds. The number of hydrogen-bond acceptors (Lipinski definition) is 4. The maximum atomic E-state index is 5.62. The number of hydrogen-bond donors (Lipinski definition) is 1. The number of nitrogens with one attached hydrogen (secondary N) is 1. The molecule has 0 spiro atoms. The minimum Gasteiger partial charge on any atom is -0.444 e. The molecule has 1 fully saturated rings. The Morgan fingerprint density at radius 1 is 1.44 bits per heavy atom. The Bertz CT molecular complexity index is 703. The lowest BCUT2D eigenvalue weighted by Gasteiger charge is -2.21. The predicted octanol–water partition coefficient (Wildman–Crippen LogP) is 2.60. The molecule has 0 bridgehead atoms. The van der Waals surface area contributed by atoms with Crippen LogP contribution in [0.4, 0.5) is 0 Å². The van der Waals surface area contributed by atoms with Crippen LogP contribution in [0.5, 0.6) is 0 Å². The number of oxazole rings is 1. The van der Waals surface area contributed by atoms with Gasteiger partial charge in [-0.3, -0.25) is 4.68 Å². The lowest BCUT2D eigenvalue weighted by molar-refractivity contribution is 0.461. The summed E-state index contributed by atoms with van der Waals surface area (Å²) in [5, 5.41) is 7.66. The summed E-state index contributed by atoms with van der Waals surface area (Å²) in [6.07, 6.45) is 5.19. The summed E-state index contributed by atoms with van der Waals surface area (Å²) in [6, 6.07) is 0. The first-order valence-electron chi connectivity index (χ1n) is 8.51. The topological polar surface area (TPSA) is 71.5 Å². The predicted molar refractivity (Wildman–Crippen MR) is 108 cm³/mol. The number of halogens is 1. The molecule has 1 aliphatic heterocycles. The van der Waals surface area contributed by atoms with Gasteiger partial charge in [0, 0.05) is 38.8 Å². The molecule has 1 atom stereocenters. The molecule has 0 aromatic carbocycles. The second kappa shape index (κ2) is 8.68. The Kier molecular flexibility index (Phi) is 6.86. The molecule has 1 N–H and O–H groups in total. The maximum absolute atomic E-state index is 5.62. The molecule has 8 heteroatoms. The van der Waals surface area contributed by atoms with E-state index in [1.54, 1.807) is 0 Å². The van der Waals surface area contributed by atoms with Gasteiger partial charge < -0.3 is 14.6 Å². The van der Waals surface area contributed by atoms with Gasteiger partial charge in [0.2, 0.25) is 5.89 Å². The fraction of sp³-hybridized carbons (Fsp3) is 0.588. The van der Waals surface area contributed by atoms with Crippen molar-refractivity contribution in [2.75, 3.05) is 19.6 Å². The van der Waals surface area contributed by atoms with Gasteiger partial charge in [-0.1, -0.05) is 0 Å². The molecule has 0 aliphatic carbocycles. The Balaban J connectivity index is 0.00000225. The van der Waals surface area contributed by atoms with Crippen LogP contribution in [0, 0.1) is 13.8 Å². The summed E-state index contributed by atoms with van der Waals surface area (Å²) in [5.41, 5.74) is 2.23. The van der Waals surface area contributed by atoms with Crippen LogP contribution in [0.2, 0.25) is 0 Å². The van der Waals surface area contributed by atoms with E-state index in [0.717, 1.165) is 43.5 Å². The molecule has 1 aliphatic rings. The first-order chi connectivity index (χ1) is 11.6. The SMILES string of the molecule is CCNC(=NCc1nc(C)c(C)o1)N1CCC(c2cnn(C)c2)C1.I. The van der Waals surface area contributed by atoms with Gasteiger partial charge in [0.25, 0.3) is 0 Å². The van der Waals surface area contributed by atoms with E-state index in [9.17, 15) is 0 Å². The van der Waals surface area contributed by atoms with E-state index in [-0.39, 0.29) is 24.0 Å². The van der Waals surface area contributed by atoms with Crippen molar-refractivity contribution in [2.45, 2.75) is 39.7 Å². The quantitative estimate of drug-likeness (QED) is 0.434. The summed E-state index contributed by atoms with van der Waals surface area (Å²) >= 11 is 0. The van der Waals surface area contributed by atoms with Crippen LogP contribution in [0.3, 0.4) is 0 Å². The van der Waals surface area contributed by atoms with Crippen LogP contribution in [-0.2, 0) is 13.6 Å². The summed E-state index contributed by atoms with van der Waals surface area (Å²) in [7, 11) is 1.96. The van der Waals surface area contributed by atoms with Crippen LogP contribution < -0.4 is 5.32 Å². The Labute approximate surface area is 165 Å². The molecule has 7 nitrogen and oxygen atoms in total. The van der Waals surface area contributed by atoms with Gasteiger partial charge in [-0.25, -0.2) is 9.98 Å². The van der Waals surface area contributed by atoms with Gasteiger partial charge in [-0.2, -0.15) is 5.10 Å². The van der Waals surface area contributed by atoms with Gasteiger partial charge in [0.05, 0.1) is 11.9 Å². The number of aryl methyl sites for hydroxylation is 3. The van der Waals surface area contributed by atoms with Crippen molar-refractivity contribution in [3.05, 3.63) is 35.3 Å². The lowest BCUT2D eigenvalue weighted by atomic mass is 10.0. The molecular formula is C17H27IN6O. The zero-order valence-corrected chi connectivity index (χ0v) is 17.7. The smallest absolute Gasteiger partial charge is 0.216 e. The van der Waals surface area contributed by atoms with Crippen molar-refractivity contribution in [1.29, 1.82) is 0 Å². The summed E-state index contributed by atoms with van der Waals surface area (Å²) < 4.78 is 7.49. The van der Waals surface area contributed by atoms with E-state index < -0.39 is 0 Å². The molecule has 0 saturated carbocycles. The Morgan fingerprint density at radius 3 is 2.84 bits per heavy atom. The second-order valence-electron chi connectivity index (χ2n) is 6.30. The minimum atomic E-state index is 0. The average molecular weight is 458 g/mol. The number of rotatable bonds is 4. The minimum absolute atomic E-state index is 0. The van der Waals surface area contributed by atoms with Crippen molar-refractivity contribution in [3.63, 3.8) is 0 Å². The number of aromatic nitrogens is 3. The third-order valence-electron chi connectivity index (χ3n) is 4.46. The van der Waals surface area contributed by atoms with Crippen LogP contribution in [0.25, 0.3) is 0 Å². The Hall–Kier alpha value is -1.58. The number of likely N-dealkylation sites (tertiary alicyclic amines) is 1. The molecule has 2 aromatic rings. The number of nitrogens with zero attached hydrogens (tertiary/aromatic N) is 5. The summed E-state index contributed by atoms with van der Waals surface area (Å²) in [4.78, 5) is 11.4. The number of guanidine groups is 1. The second-order valence-corrected chi connectivity index (χ2v) is 6.30. The maximum Gasteiger partial charge on any atom is 0.216 e. The van der Waals surface area contributed by atoms with Gasteiger partial charge in [-0.05, 0) is 32.8 Å². The van der Waals surface area contributed by atoms with Crippen LogP contribution in [-0.4, -0.2) is 45.3 Å². The molecule has 2 aromatic heterocycles. The molecule has 1 unspecified atom stereocenters. The van der Waals surface area contributed by atoms with Crippen LogP contribution in [0.15, 0.2) is 21.8 Å². The number of aliphatic imine (C=N–C) groups is 1. The third-order valence-corrected chi connectivity index (χ3v) is 4.46. The zero-order chi connectivity index (χ0) is 17.1. The highest BCUT2D eigenvalue weighted by molar-refractivity contribution is 14.0. The molecule has 3 heterocycles. The highest BCUT2D eigenvalue weighted by Crippen LogP contribution is 2.26. The molecule has 25 heavy (non-hydrogen) atoms. The van der Waals surface area contributed by atoms with Crippen molar-refractivity contribution in [2.24, 2.45) is 12.0 Å². The zero-order valence-electron chi connectivity index (χ0n) is 15.3. The normalized spacial score (nSPS) is 17.7. The average Bonchev–Trinajstić information content (AvgIpc) is 3.25. The van der Waals surface area contributed by atoms with Crippen LogP contribution in [0.1, 0.15) is 42.2 Å². The standard InChI is InChI=1S/C17H26N6O.HI/c1-5-18-17(19-9-16-21-12(2)13(3)24-16)23-7-6-14(11-23)15-8-20-22(4)10-15;/h8,10,14H,5-7,9,11H2,1-4H3,(H,18,19);1H. The molecule has 138 valence electrons. The van der Waals surface area contributed by atoms with E-state index in [0.29, 0.717) is 18.4 Å². The first kappa shape index (κ1) is 19.7. The van der Waals surface area contributed by atoms with E-state index in [2.05, 4.69) is 33.4 Å². The largest absolute Gasteiger partial charge is 0.444 e. The van der Waals surface area contributed by atoms with E-state index in [1.165, 1.54) is 5.56 Å². The van der Waals surface area contributed by atoms with E-state index in [4.69, 9.17) is 9.41 Å². The molecular weight excluding hydrogens is 431 g/mol. The van der Waals surface area contributed by atoms with Gasteiger partial charge in [0.1, 0.15) is 12.3 Å². The molecule has 1 saturated heterocycles. The van der Waals surface area contributed by atoms with Crippen molar-refractivity contribution >= 4 is 29.9 Å². The fourth-order valence-corrected chi connectivity index (χ4v) is 3.05. The van der Waals surface area contributed by atoms with Gasteiger partial charge in [0.15, 0.2) is 5.96 Å². The fourth-order valence-electron chi connectivity index (χ4n) is 3.05. The van der Waals surface area contributed by atoms with E-state index in [1.807, 2.05) is 31.8 Å². The lowest BCUT2D eigenvalue weighted by Crippen LogP contribution is -2.40. The summed E-state index contributed by atoms with van der Waals surface area (Å²) in [6.45, 7) is 9.23. The van der Waals surface area contributed by atoms with Crippen molar-refractivity contribution < 1.29 is 4.42 Å². The van der Waals surface area contributed by atoms with Gasteiger partial charge >= 0.3 is 0 Å². The first-order valence-corrected chi connectivity index (χ1v) is 8.51. The third kappa shape index (κ3) is 4.74. The molecule has 0 radical (unpaired) electrons. The summed E-state index contributed by atoms with van der Waals surface area (Å²) in [5.74, 6) is 2.97. The van der Waals surface area contributed by atoms with Crippen LogP contribution >= 0.6 is 24.0 Å². The molecule has 3 rings (SSSR count). The highest BCUT2D eigenvalue weighted by atomic mass is 127. The highest BCUT2D eigenvalue weighted by Gasteiger charge is 2.27. The van der Waals surface area contributed by atoms with Crippen molar-refractivity contribution in [3.8, 4) is 0 Å². The van der Waals surface area contributed by atoms with Gasteiger partial charge in [-0.15, -0.1) is 24.0 Å².